The van der Waals surface area contributed by atoms with Crippen molar-refractivity contribution in [1.29, 1.82) is 0 Å². The number of carbonyl (C=O) groups is 1. The summed E-state index contributed by atoms with van der Waals surface area (Å²) in [4.78, 5) is 18.6. The van der Waals surface area contributed by atoms with E-state index in [1.54, 1.807) is 0 Å². The van der Waals surface area contributed by atoms with E-state index < -0.39 is 5.54 Å². The van der Waals surface area contributed by atoms with E-state index in [0.29, 0.717) is 18.7 Å². The molecule has 1 heterocycles. The maximum Gasteiger partial charge on any atom is 0.341 e. The Morgan fingerprint density at radius 2 is 1.09 bits per heavy atom. The average Bonchev–Trinajstić information content (AvgIpc) is 3.20. The summed E-state index contributed by atoms with van der Waals surface area (Å²) in [7, 11) is 0. The minimum Gasteiger partial charge on any atom is -0.405 e. The van der Waals surface area contributed by atoms with Gasteiger partial charge in [0.05, 0.1) is 0 Å². The second-order valence-corrected chi connectivity index (χ2v) is 8.83. The van der Waals surface area contributed by atoms with Crippen LogP contribution in [0.15, 0.2) is 120 Å². The summed E-state index contributed by atoms with van der Waals surface area (Å²) in [6.07, 6.45) is 0.930. The maximum atomic E-state index is 13.6. The van der Waals surface area contributed by atoms with Crippen LogP contribution >= 0.6 is 0 Å². The number of rotatable bonds is 5. The summed E-state index contributed by atoms with van der Waals surface area (Å²) in [5, 5.41) is 4.58. The van der Waals surface area contributed by atoms with Crippen molar-refractivity contribution in [1.82, 2.24) is 0 Å². The summed E-state index contributed by atoms with van der Waals surface area (Å²) in [5.74, 6) is 0.0956. The summed E-state index contributed by atoms with van der Waals surface area (Å²) in [6.45, 7) is 0. The van der Waals surface area contributed by atoms with Gasteiger partial charge in [0.1, 0.15) is 0 Å². The molecule has 0 aliphatic carbocycles. The Morgan fingerprint density at radius 3 is 1.68 bits per heavy atom. The Labute approximate surface area is 198 Å². The lowest BCUT2D eigenvalue weighted by atomic mass is 9.83. The SMILES string of the molecule is O=C1OC(c2ccccc2)=NC1(Cc1cccc2ccccc12)Cc1cccc2ccccc12. The van der Waals surface area contributed by atoms with Crippen molar-refractivity contribution in [2.45, 2.75) is 18.4 Å². The number of esters is 1. The number of hydrogen-bond donors (Lipinski definition) is 0. The molecule has 5 aromatic rings. The van der Waals surface area contributed by atoms with Crippen LogP contribution in [0, 0.1) is 0 Å². The van der Waals surface area contributed by atoms with Crippen molar-refractivity contribution in [3.05, 3.63) is 132 Å². The molecule has 3 heteroatoms. The minimum absolute atomic E-state index is 0.299. The zero-order valence-electron chi connectivity index (χ0n) is 18.6. The molecule has 0 saturated carbocycles. The average molecular weight is 442 g/mol. The molecule has 0 aromatic heterocycles. The lowest BCUT2D eigenvalue weighted by Gasteiger charge is -2.24. The van der Waals surface area contributed by atoms with Gasteiger partial charge in [-0.05, 0) is 44.8 Å². The predicted octanol–water partition coefficient (Wildman–Crippen LogP) is 6.52. The number of cyclic esters (lactones) is 1. The Kier molecular flexibility index (Phi) is 4.96. The molecular weight excluding hydrogens is 418 g/mol. The summed E-state index contributed by atoms with van der Waals surface area (Å²) in [5.41, 5.74) is 1.95. The first-order valence-corrected chi connectivity index (χ1v) is 11.5. The molecule has 34 heavy (non-hydrogen) atoms. The molecule has 1 aliphatic rings. The second-order valence-electron chi connectivity index (χ2n) is 8.83. The number of nitrogens with zero attached hydrogens (tertiary/aromatic N) is 1. The quantitative estimate of drug-likeness (QED) is 0.291. The van der Waals surface area contributed by atoms with Gasteiger partial charge in [0, 0.05) is 18.4 Å². The van der Waals surface area contributed by atoms with Crippen LogP contribution in [0.2, 0.25) is 0 Å². The van der Waals surface area contributed by atoms with Crippen LogP contribution in [-0.2, 0) is 22.4 Å². The fourth-order valence-electron chi connectivity index (χ4n) is 4.96. The first-order chi connectivity index (χ1) is 16.7. The highest BCUT2D eigenvalue weighted by atomic mass is 16.6. The molecule has 1 aliphatic heterocycles. The lowest BCUT2D eigenvalue weighted by molar-refractivity contribution is -0.139. The highest BCUT2D eigenvalue weighted by Crippen LogP contribution is 2.35. The van der Waals surface area contributed by atoms with Gasteiger partial charge in [-0.15, -0.1) is 0 Å². The van der Waals surface area contributed by atoms with Gasteiger partial charge in [0.25, 0.3) is 0 Å². The number of carbonyl (C=O) groups excluding carboxylic acids is 1. The first-order valence-electron chi connectivity index (χ1n) is 11.5. The third-order valence-corrected chi connectivity index (χ3v) is 6.63. The molecule has 3 nitrogen and oxygen atoms in total. The van der Waals surface area contributed by atoms with Crippen LogP contribution in [-0.4, -0.2) is 17.4 Å². The minimum atomic E-state index is -1.04. The number of ether oxygens (including phenoxy) is 1. The van der Waals surface area contributed by atoms with E-state index in [2.05, 4.69) is 48.5 Å². The summed E-state index contributed by atoms with van der Waals surface area (Å²) < 4.78 is 5.84. The lowest BCUT2D eigenvalue weighted by Crippen LogP contribution is -2.39. The molecule has 0 unspecified atom stereocenters. The van der Waals surface area contributed by atoms with Gasteiger partial charge in [-0.1, -0.05) is 103 Å². The Hall–Kier alpha value is -4.24. The van der Waals surface area contributed by atoms with E-state index in [0.717, 1.165) is 38.2 Å². The van der Waals surface area contributed by atoms with Crippen LogP contribution < -0.4 is 0 Å². The van der Waals surface area contributed by atoms with E-state index in [1.165, 1.54) is 0 Å². The zero-order chi connectivity index (χ0) is 23.0. The van der Waals surface area contributed by atoms with Crippen molar-refractivity contribution in [2.24, 2.45) is 4.99 Å². The molecular formula is C31H23NO2. The predicted molar refractivity (Wildman–Crippen MR) is 137 cm³/mol. The molecule has 0 spiro atoms. The molecule has 0 bridgehead atoms. The molecule has 164 valence electrons. The van der Waals surface area contributed by atoms with Gasteiger partial charge in [-0.2, -0.15) is 0 Å². The van der Waals surface area contributed by atoms with E-state index >= 15 is 0 Å². The standard InChI is InChI=1S/C31H23NO2/c33-30-31(32-29(34-30)24-12-2-1-3-13-24,20-25-16-8-14-22-10-4-6-18-27(22)25)21-26-17-9-15-23-11-5-7-19-28(23)26/h1-19H,20-21H2. The van der Waals surface area contributed by atoms with Crippen molar-refractivity contribution in [3.8, 4) is 0 Å². The monoisotopic (exact) mass is 441 g/mol. The van der Waals surface area contributed by atoms with Crippen molar-refractivity contribution in [3.63, 3.8) is 0 Å². The van der Waals surface area contributed by atoms with E-state index in [4.69, 9.17) is 9.73 Å². The highest BCUT2D eigenvalue weighted by molar-refractivity contribution is 6.08. The van der Waals surface area contributed by atoms with Crippen LogP contribution in [0.4, 0.5) is 0 Å². The smallest absolute Gasteiger partial charge is 0.341 e. The first kappa shape index (κ1) is 20.4. The fourth-order valence-corrected chi connectivity index (χ4v) is 4.96. The Balaban J connectivity index is 1.51. The maximum absolute atomic E-state index is 13.6. The van der Waals surface area contributed by atoms with E-state index in [9.17, 15) is 4.79 Å². The second kappa shape index (κ2) is 8.27. The van der Waals surface area contributed by atoms with Gasteiger partial charge in [0.2, 0.25) is 5.90 Å². The van der Waals surface area contributed by atoms with E-state index in [-0.39, 0.29) is 5.97 Å². The van der Waals surface area contributed by atoms with Crippen molar-refractivity contribution >= 4 is 33.4 Å². The van der Waals surface area contributed by atoms with Gasteiger partial charge < -0.3 is 4.74 Å². The van der Waals surface area contributed by atoms with Crippen LogP contribution in [0.25, 0.3) is 21.5 Å². The molecule has 0 saturated heterocycles. The Morgan fingerprint density at radius 1 is 0.588 bits per heavy atom. The van der Waals surface area contributed by atoms with Gasteiger partial charge in [-0.25, -0.2) is 9.79 Å². The van der Waals surface area contributed by atoms with Crippen LogP contribution in [0.5, 0.6) is 0 Å². The molecule has 0 fully saturated rings. The van der Waals surface area contributed by atoms with Gasteiger partial charge in [0.15, 0.2) is 5.54 Å². The van der Waals surface area contributed by atoms with Crippen LogP contribution in [0.1, 0.15) is 16.7 Å². The highest BCUT2D eigenvalue weighted by Gasteiger charge is 2.47. The third-order valence-electron chi connectivity index (χ3n) is 6.63. The molecule has 0 N–H and O–H groups in total. The molecule has 0 amide bonds. The fraction of sp³-hybridized carbons (Fsp3) is 0.0968. The molecule has 6 rings (SSSR count). The van der Waals surface area contributed by atoms with Gasteiger partial charge in [-0.3, -0.25) is 0 Å². The number of aliphatic imine (C=N–C) groups is 1. The Bertz CT molecular complexity index is 1460. The normalized spacial score (nSPS) is 14.8. The summed E-state index contributed by atoms with van der Waals surface area (Å²) >= 11 is 0. The van der Waals surface area contributed by atoms with Crippen molar-refractivity contribution < 1.29 is 9.53 Å². The van der Waals surface area contributed by atoms with Gasteiger partial charge >= 0.3 is 5.97 Å². The number of benzene rings is 5. The number of hydrogen-bond acceptors (Lipinski definition) is 3. The molecule has 0 radical (unpaired) electrons. The molecule has 5 aromatic carbocycles. The largest absolute Gasteiger partial charge is 0.405 e. The summed E-state index contributed by atoms with van der Waals surface area (Å²) in [6, 6.07) is 38.7. The van der Waals surface area contributed by atoms with Crippen LogP contribution in [0.3, 0.4) is 0 Å². The topological polar surface area (TPSA) is 38.7 Å². The number of fused-ring (bicyclic) bond motifs is 2. The third kappa shape index (κ3) is 3.56. The van der Waals surface area contributed by atoms with E-state index in [1.807, 2.05) is 66.7 Å². The zero-order valence-corrected chi connectivity index (χ0v) is 18.6. The molecule has 0 atom stereocenters. The van der Waals surface area contributed by atoms with Crippen molar-refractivity contribution in [2.75, 3.05) is 0 Å².